The van der Waals surface area contributed by atoms with Gasteiger partial charge in [0.15, 0.2) is 0 Å². The quantitative estimate of drug-likeness (QED) is 0.456. The number of halogens is 1. The monoisotopic (exact) mass is 514 g/mol. The molecule has 0 fully saturated rings. The number of methoxy groups -OCH3 is 2. The van der Waals surface area contributed by atoms with Crippen LogP contribution in [-0.2, 0) is 26.0 Å². The van der Waals surface area contributed by atoms with Crippen molar-refractivity contribution >= 4 is 39.2 Å². The minimum Gasteiger partial charge on any atom is -0.465 e. The molecule has 36 heavy (non-hydrogen) atoms. The summed E-state index contributed by atoms with van der Waals surface area (Å²) in [4.78, 5) is 36.7. The highest BCUT2D eigenvalue weighted by Gasteiger charge is 2.19. The standard InChI is InChI=1S/C25H23FN2O7S/c1-34-24(30)18-12-19(25(31)35-2)14-21(13-18)27-23(29)17-6-10-22(11-7-17)28(36(3,32)33)15-16-4-8-20(26)9-5-16/h4-14H,15H2,1-3H3,(H,27,29). The molecule has 9 nitrogen and oxygen atoms in total. The van der Waals surface area contributed by atoms with E-state index in [1.807, 2.05) is 0 Å². The van der Waals surface area contributed by atoms with Crippen LogP contribution in [0.2, 0.25) is 0 Å². The molecule has 188 valence electrons. The van der Waals surface area contributed by atoms with E-state index in [0.29, 0.717) is 11.3 Å². The highest BCUT2D eigenvalue weighted by atomic mass is 32.2. The van der Waals surface area contributed by atoms with Gasteiger partial charge in [-0.2, -0.15) is 0 Å². The lowest BCUT2D eigenvalue weighted by atomic mass is 10.1. The lowest BCUT2D eigenvalue weighted by Crippen LogP contribution is -2.29. The Balaban J connectivity index is 1.84. The summed E-state index contributed by atoms with van der Waals surface area (Å²) in [7, 11) is -1.32. The number of carbonyl (C=O) groups excluding carboxylic acids is 3. The van der Waals surface area contributed by atoms with E-state index in [2.05, 4.69) is 14.8 Å². The second kappa shape index (κ2) is 11.0. The number of benzene rings is 3. The summed E-state index contributed by atoms with van der Waals surface area (Å²) in [6, 6.07) is 15.2. The molecule has 0 heterocycles. The van der Waals surface area contributed by atoms with Crippen LogP contribution in [0, 0.1) is 5.82 Å². The van der Waals surface area contributed by atoms with Crippen molar-refractivity contribution < 1.29 is 36.7 Å². The Morgan fingerprint density at radius 1 is 0.833 bits per heavy atom. The molecular weight excluding hydrogens is 491 g/mol. The number of carbonyl (C=O) groups is 3. The number of hydrogen-bond acceptors (Lipinski definition) is 7. The third-order valence-corrected chi connectivity index (χ3v) is 6.23. The summed E-state index contributed by atoms with van der Waals surface area (Å²) in [5.41, 5.74) is 1.30. The van der Waals surface area contributed by atoms with Crippen LogP contribution in [0.3, 0.4) is 0 Å². The molecule has 3 aromatic carbocycles. The van der Waals surface area contributed by atoms with Crippen molar-refractivity contribution in [2.45, 2.75) is 6.54 Å². The maximum Gasteiger partial charge on any atom is 0.337 e. The maximum absolute atomic E-state index is 13.2. The van der Waals surface area contributed by atoms with Gasteiger partial charge in [0.05, 0.1) is 43.8 Å². The Morgan fingerprint density at radius 2 is 1.36 bits per heavy atom. The predicted molar refractivity (Wildman–Crippen MR) is 131 cm³/mol. The second-order valence-electron chi connectivity index (χ2n) is 7.68. The molecule has 0 aliphatic heterocycles. The number of esters is 2. The largest absolute Gasteiger partial charge is 0.465 e. The van der Waals surface area contributed by atoms with E-state index >= 15 is 0 Å². The Bertz CT molecular complexity index is 1350. The van der Waals surface area contributed by atoms with Gasteiger partial charge in [0, 0.05) is 11.3 Å². The SMILES string of the molecule is COC(=O)c1cc(NC(=O)c2ccc(N(Cc3ccc(F)cc3)S(C)(=O)=O)cc2)cc(C(=O)OC)c1. The van der Waals surface area contributed by atoms with Crippen LogP contribution < -0.4 is 9.62 Å². The van der Waals surface area contributed by atoms with Crippen molar-refractivity contribution in [3.05, 3.63) is 94.8 Å². The number of nitrogens with one attached hydrogen (secondary N) is 1. The Morgan fingerprint density at radius 3 is 1.83 bits per heavy atom. The van der Waals surface area contributed by atoms with Crippen molar-refractivity contribution in [3.63, 3.8) is 0 Å². The first-order valence-electron chi connectivity index (χ1n) is 10.5. The van der Waals surface area contributed by atoms with E-state index in [9.17, 15) is 27.2 Å². The van der Waals surface area contributed by atoms with Crippen LogP contribution in [0.1, 0.15) is 36.6 Å². The number of hydrogen-bond donors (Lipinski definition) is 1. The van der Waals surface area contributed by atoms with Crippen molar-refractivity contribution in [1.29, 1.82) is 0 Å². The number of ether oxygens (including phenoxy) is 2. The predicted octanol–water partition coefficient (Wildman–Crippen LogP) is 3.62. The van der Waals surface area contributed by atoms with Gasteiger partial charge < -0.3 is 14.8 Å². The fraction of sp³-hybridized carbons (Fsp3) is 0.160. The molecule has 0 aromatic heterocycles. The highest BCUT2D eigenvalue weighted by molar-refractivity contribution is 7.92. The van der Waals surface area contributed by atoms with E-state index < -0.39 is 33.7 Å². The molecule has 3 rings (SSSR count). The highest BCUT2D eigenvalue weighted by Crippen LogP contribution is 2.23. The summed E-state index contributed by atoms with van der Waals surface area (Å²) in [5, 5.41) is 2.60. The van der Waals surface area contributed by atoms with Gasteiger partial charge in [0.1, 0.15) is 5.82 Å². The Labute approximate surface area is 207 Å². The molecule has 0 aliphatic carbocycles. The first-order chi connectivity index (χ1) is 17.0. The maximum atomic E-state index is 13.2. The van der Waals surface area contributed by atoms with E-state index in [-0.39, 0.29) is 28.9 Å². The number of anilines is 2. The van der Waals surface area contributed by atoms with Gasteiger partial charge in [-0.05, 0) is 60.2 Å². The van der Waals surface area contributed by atoms with Crippen LogP contribution in [0.15, 0.2) is 66.7 Å². The van der Waals surface area contributed by atoms with Gasteiger partial charge in [-0.3, -0.25) is 9.10 Å². The molecule has 0 radical (unpaired) electrons. The van der Waals surface area contributed by atoms with Crippen LogP contribution in [0.25, 0.3) is 0 Å². The van der Waals surface area contributed by atoms with E-state index in [1.165, 1.54) is 80.9 Å². The van der Waals surface area contributed by atoms with Gasteiger partial charge in [-0.15, -0.1) is 0 Å². The average molecular weight is 515 g/mol. The lowest BCUT2D eigenvalue weighted by Gasteiger charge is -2.22. The summed E-state index contributed by atoms with van der Waals surface area (Å²) in [5.74, 6) is -2.41. The number of nitrogens with zero attached hydrogens (tertiary/aromatic N) is 1. The fourth-order valence-electron chi connectivity index (χ4n) is 3.31. The van der Waals surface area contributed by atoms with Gasteiger partial charge >= 0.3 is 11.9 Å². The van der Waals surface area contributed by atoms with Gasteiger partial charge in [-0.1, -0.05) is 12.1 Å². The topological polar surface area (TPSA) is 119 Å². The van der Waals surface area contributed by atoms with Crippen molar-refractivity contribution in [3.8, 4) is 0 Å². The molecule has 1 N–H and O–H groups in total. The lowest BCUT2D eigenvalue weighted by molar-refractivity contribution is 0.0598. The third-order valence-electron chi connectivity index (χ3n) is 5.09. The van der Waals surface area contributed by atoms with Crippen LogP contribution in [-0.4, -0.2) is 46.7 Å². The minimum atomic E-state index is -3.69. The zero-order valence-electron chi connectivity index (χ0n) is 19.6. The van der Waals surface area contributed by atoms with Crippen molar-refractivity contribution in [1.82, 2.24) is 0 Å². The van der Waals surface area contributed by atoms with Crippen LogP contribution in [0.5, 0.6) is 0 Å². The number of sulfonamides is 1. The first kappa shape index (κ1) is 26.4. The molecule has 0 saturated heterocycles. The fourth-order valence-corrected chi connectivity index (χ4v) is 4.20. The molecule has 11 heteroatoms. The molecule has 0 saturated carbocycles. The third kappa shape index (κ3) is 6.45. The molecule has 0 atom stereocenters. The molecule has 0 unspecified atom stereocenters. The molecule has 3 aromatic rings. The van der Waals surface area contributed by atoms with E-state index in [1.54, 1.807) is 0 Å². The van der Waals surface area contributed by atoms with Gasteiger partial charge in [0.2, 0.25) is 10.0 Å². The van der Waals surface area contributed by atoms with Gasteiger partial charge in [-0.25, -0.2) is 22.4 Å². The smallest absolute Gasteiger partial charge is 0.337 e. The summed E-state index contributed by atoms with van der Waals surface area (Å²) in [6.45, 7) is -0.0265. The molecule has 0 aliphatic rings. The zero-order chi connectivity index (χ0) is 26.5. The average Bonchev–Trinajstić information content (AvgIpc) is 2.86. The zero-order valence-corrected chi connectivity index (χ0v) is 20.5. The molecule has 0 bridgehead atoms. The van der Waals surface area contributed by atoms with Gasteiger partial charge in [0.25, 0.3) is 5.91 Å². The van der Waals surface area contributed by atoms with Crippen molar-refractivity contribution in [2.24, 2.45) is 0 Å². The molecule has 1 amide bonds. The van der Waals surface area contributed by atoms with Crippen molar-refractivity contribution in [2.75, 3.05) is 30.1 Å². The van der Waals surface area contributed by atoms with Crippen LogP contribution in [0.4, 0.5) is 15.8 Å². The normalized spacial score (nSPS) is 10.9. The van der Waals surface area contributed by atoms with E-state index in [4.69, 9.17) is 0 Å². The Kier molecular flexibility index (Phi) is 8.05. The molecule has 0 spiro atoms. The van der Waals surface area contributed by atoms with E-state index in [0.717, 1.165) is 10.6 Å². The number of rotatable bonds is 8. The number of amides is 1. The summed E-state index contributed by atoms with van der Waals surface area (Å²) < 4.78 is 48.5. The van der Waals surface area contributed by atoms with Crippen LogP contribution >= 0.6 is 0 Å². The summed E-state index contributed by atoms with van der Waals surface area (Å²) in [6.07, 6.45) is 1.05. The molecular formula is C25H23FN2O7S. The second-order valence-corrected chi connectivity index (χ2v) is 9.59. The Hall–Kier alpha value is -4.25. The minimum absolute atomic E-state index is 0.0265. The summed E-state index contributed by atoms with van der Waals surface area (Å²) >= 11 is 0. The first-order valence-corrected chi connectivity index (χ1v) is 12.3.